The molecule has 7 heteroatoms. The minimum Gasteiger partial charge on any atom is -0.507 e. The van der Waals surface area contributed by atoms with Gasteiger partial charge in [0, 0.05) is 16.7 Å². The number of phenols is 1. The molecular weight excluding hydrogens is 302 g/mol. The molecule has 2 aromatic carbocycles. The summed E-state index contributed by atoms with van der Waals surface area (Å²) in [6.45, 7) is 0. The van der Waals surface area contributed by atoms with Gasteiger partial charge in [-0.05, 0) is 30.3 Å². The molecule has 1 aromatic heterocycles. The second-order valence-corrected chi connectivity index (χ2v) is 4.68. The van der Waals surface area contributed by atoms with Crippen LogP contribution in [0.2, 0.25) is 5.02 Å². The quantitative estimate of drug-likeness (QED) is 0.776. The van der Waals surface area contributed by atoms with Crippen LogP contribution >= 0.6 is 11.6 Å². The van der Waals surface area contributed by atoms with Crippen molar-refractivity contribution in [2.24, 2.45) is 0 Å². The summed E-state index contributed by atoms with van der Waals surface area (Å²) in [7, 11) is 0. The SMILES string of the molecule is Oc1cc(Cl)ccc1-c1nc(-c2cc(F)cc(F)c2)no1. The van der Waals surface area contributed by atoms with Crippen molar-refractivity contribution in [2.75, 3.05) is 0 Å². The fourth-order valence-electron chi connectivity index (χ4n) is 1.82. The molecule has 0 spiro atoms. The van der Waals surface area contributed by atoms with E-state index >= 15 is 0 Å². The summed E-state index contributed by atoms with van der Waals surface area (Å²) < 4.78 is 31.3. The summed E-state index contributed by atoms with van der Waals surface area (Å²) in [4.78, 5) is 4.01. The van der Waals surface area contributed by atoms with Crippen molar-refractivity contribution in [1.29, 1.82) is 0 Å². The maximum absolute atomic E-state index is 13.2. The van der Waals surface area contributed by atoms with Crippen molar-refractivity contribution in [1.82, 2.24) is 10.1 Å². The first-order chi connectivity index (χ1) is 10.0. The van der Waals surface area contributed by atoms with Crippen LogP contribution in [0.3, 0.4) is 0 Å². The maximum atomic E-state index is 13.2. The average molecular weight is 309 g/mol. The summed E-state index contributed by atoms with van der Waals surface area (Å²) >= 11 is 5.73. The minimum absolute atomic E-state index is 0.0118. The number of hydrogen-bond donors (Lipinski definition) is 1. The highest BCUT2D eigenvalue weighted by Crippen LogP contribution is 2.31. The van der Waals surface area contributed by atoms with Gasteiger partial charge in [0.2, 0.25) is 5.82 Å². The molecule has 1 N–H and O–H groups in total. The molecule has 0 fully saturated rings. The second-order valence-electron chi connectivity index (χ2n) is 4.24. The van der Waals surface area contributed by atoms with Crippen molar-refractivity contribution < 1.29 is 18.4 Å². The summed E-state index contributed by atoms with van der Waals surface area (Å²) in [6, 6.07) is 7.28. The molecule has 0 aliphatic rings. The Balaban J connectivity index is 2.03. The van der Waals surface area contributed by atoms with Crippen LogP contribution in [0.25, 0.3) is 22.8 Å². The highest BCUT2D eigenvalue weighted by molar-refractivity contribution is 6.30. The molecule has 0 bridgehead atoms. The molecule has 106 valence electrons. The number of rotatable bonds is 2. The number of aromatic nitrogens is 2. The van der Waals surface area contributed by atoms with Crippen molar-refractivity contribution >= 4 is 11.6 Å². The molecule has 0 atom stereocenters. The molecule has 21 heavy (non-hydrogen) atoms. The lowest BCUT2D eigenvalue weighted by Crippen LogP contribution is -1.86. The second kappa shape index (κ2) is 5.14. The van der Waals surface area contributed by atoms with Gasteiger partial charge in [-0.2, -0.15) is 4.98 Å². The molecule has 3 aromatic rings. The topological polar surface area (TPSA) is 59.2 Å². The predicted octanol–water partition coefficient (Wildman–Crippen LogP) is 4.04. The zero-order valence-electron chi connectivity index (χ0n) is 10.3. The largest absolute Gasteiger partial charge is 0.507 e. The van der Waals surface area contributed by atoms with Gasteiger partial charge in [-0.3, -0.25) is 0 Å². The van der Waals surface area contributed by atoms with Gasteiger partial charge in [0.15, 0.2) is 0 Å². The van der Waals surface area contributed by atoms with E-state index in [0.29, 0.717) is 5.02 Å². The van der Waals surface area contributed by atoms with Gasteiger partial charge in [-0.1, -0.05) is 16.8 Å². The fourth-order valence-corrected chi connectivity index (χ4v) is 1.99. The van der Waals surface area contributed by atoms with E-state index in [9.17, 15) is 13.9 Å². The Bertz CT molecular complexity index is 800. The van der Waals surface area contributed by atoms with Crippen LogP contribution in [0.4, 0.5) is 8.78 Å². The highest BCUT2D eigenvalue weighted by atomic mass is 35.5. The maximum Gasteiger partial charge on any atom is 0.261 e. The van der Waals surface area contributed by atoms with Crippen LogP contribution < -0.4 is 0 Å². The zero-order valence-corrected chi connectivity index (χ0v) is 11.1. The lowest BCUT2D eigenvalue weighted by atomic mass is 10.2. The molecule has 0 radical (unpaired) electrons. The van der Waals surface area contributed by atoms with Crippen LogP contribution in [0.15, 0.2) is 40.9 Å². The summed E-state index contributed by atoms with van der Waals surface area (Å²) in [5.74, 6) is -1.60. The molecule has 0 saturated heterocycles. The van der Waals surface area contributed by atoms with E-state index in [4.69, 9.17) is 16.1 Å². The Labute approximate surface area is 122 Å². The third-order valence-electron chi connectivity index (χ3n) is 2.74. The third kappa shape index (κ3) is 2.71. The normalized spacial score (nSPS) is 10.8. The zero-order chi connectivity index (χ0) is 15.0. The van der Waals surface area contributed by atoms with Crippen molar-refractivity contribution in [3.8, 4) is 28.6 Å². The van der Waals surface area contributed by atoms with Crippen LogP contribution in [0.5, 0.6) is 5.75 Å². The van der Waals surface area contributed by atoms with Gasteiger partial charge in [0.1, 0.15) is 17.4 Å². The number of hydrogen-bond acceptors (Lipinski definition) is 4. The van der Waals surface area contributed by atoms with E-state index in [1.165, 1.54) is 12.1 Å². The van der Waals surface area contributed by atoms with Crippen LogP contribution in [-0.4, -0.2) is 15.2 Å². The lowest BCUT2D eigenvalue weighted by Gasteiger charge is -1.99. The minimum atomic E-state index is -0.745. The third-order valence-corrected chi connectivity index (χ3v) is 2.97. The van der Waals surface area contributed by atoms with E-state index in [0.717, 1.165) is 18.2 Å². The smallest absolute Gasteiger partial charge is 0.261 e. The molecule has 3 rings (SSSR count). The van der Waals surface area contributed by atoms with Gasteiger partial charge in [-0.25, -0.2) is 8.78 Å². The summed E-state index contributed by atoms with van der Waals surface area (Å²) in [5, 5.41) is 13.8. The van der Waals surface area contributed by atoms with Crippen LogP contribution in [-0.2, 0) is 0 Å². The molecule has 4 nitrogen and oxygen atoms in total. The Kier molecular flexibility index (Phi) is 3.31. The van der Waals surface area contributed by atoms with Crippen molar-refractivity contribution in [3.63, 3.8) is 0 Å². The van der Waals surface area contributed by atoms with Gasteiger partial charge in [0.05, 0.1) is 5.56 Å². The van der Waals surface area contributed by atoms with Gasteiger partial charge in [0.25, 0.3) is 5.89 Å². The van der Waals surface area contributed by atoms with Crippen LogP contribution in [0, 0.1) is 11.6 Å². The van der Waals surface area contributed by atoms with Crippen LogP contribution in [0.1, 0.15) is 0 Å². The van der Waals surface area contributed by atoms with E-state index < -0.39 is 11.6 Å². The average Bonchev–Trinajstić information content (AvgIpc) is 2.87. The van der Waals surface area contributed by atoms with E-state index in [1.54, 1.807) is 6.07 Å². The van der Waals surface area contributed by atoms with Gasteiger partial charge < -0.3 is 9.63 Å². The fraction of sp³-hybridized carbons (Fsp3) is 0. The summed E-state index contributed by atoms with van der Waals surface area (Å²) in [6.07, 6.45) is 0. The Morgan fingerprint density at radius 1 is 1.05 bits per heavy atom. The number of benzene rings is 2. The Morgan fingerprint density at radius 3 is 2.43 bits per heavy atom. The number of halogens is 3. The van der Waals surface area contributed by atoms with E-state index in [1.807, 2.05) is 0 Å². The molecule has 0 unspecified atom stereocenters. The van der Waals surface area contributed by atoms with Crippen molar-refractivity contribution in [3.05, 3.63) is 53.1 Å². The Morgan fingerprint density at radius 2 is 1.76 bits per heavy atom. The lowest BCUT2D eigenvalue weighted by molar-refractivity contribution is 0.425. The first-order valence-corrected chi connectivity index (χ1v) is 6.20. The standard InChI is InChI=1S/C14H7ClF2N2O2/c15-8-1-2-11(12(20)5-8)14-18-13(19-21-14)7-3-9(16)6-10(17)4-7/h1-6,20H. The van der Waals surface area contributed by atoms with E-state index in [2.05, 4.69) is 10.1 Å². The number of nitrogens with zero attached hydrogens (tertiary/aromatic N) is 2. The molecule has 1 heterocycles. The molecule has 0 amide bonds. The van der Waals surface area contributed by atoms with Gasteiger partial charge in [-0.15, -0.1) is 0 Å². The first-order valence-electron chi connectivity index (χ1n) is 5.82. The molecule has 0 aliphatic heterocycles. The Hall–Kier alpha value is -2.47. The first kappa shape index (κ1) is 13.5. The molecule has 0 aliphatic carbocycles. The van der Waals surface area contributed by atoms with Gasteiger partial charge >= 0.3 is 0 Å². The molecule has 0 saturated carbocycles. The highest BCUT2D eigenvalue weighted by Gasteiger charge is 2.15. The predicted molar refractivity (Wildman–Crippen MR) is 71.8 cm³/mol. The monoisotopic (exact) mass is 308 g/mol. The number of aromatic hydroxyl groups is 1. The van der Waals surface area contributed by atoms with E-state index in [-0.39, 0.29) is 28.6 Å². The van der Waals surface area contributed by atoms with Crippen molar-refractivity contribution in [2.45, 2.75) is 0 Å². The summed E-state index contributed by atoms with van der Waals surface area (Å²) in [5.41, 5.74) is 0.408. The number of phenolic OH excluding ortho intramolecular Hbond substituents is 1. The molecular formula is C14H7ClF2N2O2.